The summed E-state index contributed by atoms with van der Waals surface area (Å²) in [6.45, 7) is 3.26. The van der Waals surface area contributed by atoms with Crippen molar-refractivity contribution in [1.29, 1.82) is 0 Å². The van der Waals surface area contributed by atoms with Crippen LogP contribution in [0.25, 0.3) is 11.1 Å². The lowest BCUT2D eigenvalue weighted by atomic mass is 10.0. The highest BCUT2D eigenvalue weighted by atomic mass is 16.2. The second-order valence-corrected chi connectivity index (χ2v) is 6.62. The van der Waals surface area contributed by atoms with Crippen LogP contribution in [-0.2, 0) is 6.54 Å². The van der Waals surface area contributed by atoms with Gasteiger partial charge in [-0.1, -0.05) is 24.3 Å². The molecule has 0 bridgehead atoms. The van der Waals surface area contributed by atoms with Gasteiger partial charge in [0.1, 0.15) is 0 Å². The van der Waals surface area contributed by atoms with Gasteiger partial charge in [0.2, 0.25) is 5.95 Å². The highest BCUT2D eigenvalue weighted by molar-refractivity contribution is 5.74. The molecule has 0 aliphatic carbocycles. The first-order valence-electron chi connectivity index (χ1n) is 9.34. The van der Waals surface area contributed by atoms with Crippen LogP contribution in [0.2, 0.25) is 0 Å². The number of anilines is 1. The Morgan fingerprint density at radius 2 is 1.71 bits per heavy atom. The summed E-state index contributed by atoms with van der Waals surface area (Å²) in [7, 11) is 0. The average molecular weight is 374 g/mol. The van der Waals surface area contributed by atoms with Gasteiger partial charge < -0.3 is 15.1 Å². The van der Waals surface area contributed by atoms with Gasteiger partial charge in [-0.15, -0.1) is 0 Å². The normalized spacial score (nSPS) is 14.0. The lowest BCUT2D eigenvalue weighted by Crippen LogP contribution is -2.52. The molecule has 7 heteroatoms. The number of benzene rings is 1. The number of amides is 2. The number of pyridine rings is 1. The van der Waals surface area contributed by atoms with E-state index in [1.54, 1.807) is 24.7 Å². The Morgan fingerprint density at radius 3 is 2.46 bits per heavy atom. The van der Waals surface area contributed by atoms with Crippen LogP contribution in [0.5, 0.6) is 0 Å². The molecule has 0 spiro atoms. The van der Waals surface area contributed by atoms with Crippen LogP contribution in [-0.4, -0.2) is 52.1 Å². The zero-order chi connectivity index (χ0) is 19.2. The number of piperazine rings is 1. The fourth-order valence-corrected chi connectivity index (χ4v) is 3.25. The minimum absolute atomic E-state index is 0.0413. The minimum Gasteiger partial charge on any atom is -0.337 e. The molecule has 2 aromatic heterocycles. The van der Waals surface area contributed by atoms with Crippen LogP contribution in [0.4, 0.5) is 10.7 Å². The second kappa shape index (κ2) is 8.47. The predicted molar refractivity (Wildman–Crippen MR) is 108 cm³/mol. The Hall–Kier alpha value is -3.48. The van der Waals surface area contributed by atoms with Gasteiger partial charge in [-0.05, 0) is 34.9 Å². The number of carbonyl (C=O) groups is 1. The quantitative estimate of drug-likeness (QED) is 0.760. The monoisotopic (exact) mass is 374 g/mol. The molecular formula is C21H22N6O. The lowest BCUT2D eigenvalue weighted by Gasteiger charge is -2.34. The number of nitrogens with one attached hydrogen (secondary N) is 1. The van der Waals surface area contributed by atoms with Gasteiger partial charge in [-0.25, -0.2) is 14.8 Å². The number of rotatable bonds is 4. The molecule has 0 radical (unpaired) electrons. The summed E-state index contributed by atoms with van der Waals surface area (Å²) in [6.07, 6.45) is 7.08. The molecule has 142 valence electrons. The van der Waals surface area contributed by atoms with Crippen molar-refractivity contribution in [2.75, 3.05) is 31.1 Å². The van der Waals surface area contributed by atoms with Gasteiger partial charge >= 0.3 is 6.03 Å². The highest BCUT2D eigenvalue weighted by Crippen LogP contribution is 2.19. The van der Waals surface area contributed by atoms with Gasteiger partial charge in [-0.3, -0.25) is 4.98 Å². The van der Waals surface area contributed by atoms with Gasteiger partial charge in [-0.2, -0.15) is 0 Å². The first-order valence-corrected chi connectivity index (χ1v) is 9.34. The van der Waals surface area contributed by atoms with E-state index in [0.29, 0.717) is 19.6 Å². The van der Waals surface area contributed by atoms with Gasteiger partial charge in [0.15, 0.2) is 0 Å². The number of hydrogen-bond acceptors (Lipinski definition) is 5. The second-order valence-electron chi connectivity index (χ2n) is 6.62. The molecule has 1 aliphatic rings. The maximum atomic E-state index is 12.5. The van der Waals surface area contributed by atoms with Gasteiger partial charge in [0.25, 0.3) is 0 Å². The number of carbonyl (C=O) groups excluding carboxylic acids is 1. The van der Waals surface area contributed by atoms with E-state index in [2.05, 4.69) is 31.2 Å². The van der Waals surface area contributed by atoms with E-state index in [1.807, 2.05) is 41.4 Å². The standard InChI is InChI=1S/C21H22N6O/c28-21(27-12-10-26(11-13-27)20-23-8-3-9-24-20)25-15-17-4-1-5-18(14-17)19-6-2-7-22-16-19/h1-9,14,16H,10-13,15H2,(H,25,28). The Morgan fingerprint density at radius 1 is 0.929 bits per heavy atom. The van der Waals surface area contributed by atoms with Crippen LogP contribution < -0.4 is 10.2 Å². The van der Waals surface area contributed by atoms with E-state index in [0.717, 1.165) is 35.7 Å². The van der Waals surface area contributed by atoms with Crippen molar-refractivity contribution < 1.29 is 4.79 Å². The smallest absolute Gasteiger partial charge is 0.317 e. The SMILES string of the molecule is O=C(NCc1cccc(-c2cccnc2)c1)N1CCN(c2ncccn2)CC1. The molecule has 3 heterocycles. The third-order valence-corrected chi connectivity index (χ3v) is 4.77. The number of urea groups is 1. The zero-order valence-electron chi connectivity index (χ0n) is 15.5. The first-order chi connectivity index (χ1) is 13.8. The maximum absolute atomic E-state index is 12.5. The summed E-state index contributed by atoms with van der Waals surface area (Å²) in [6, 6.07) is 13.9. The molecule has 0 saturated carbocycles. The van der Waals surface area contributed by atoms with Crippen molar-refractivity contribution in [2.24, 2.45) is 0 Å². The van der Waals surface area contributed by atoms with Crippen LogP contribution in [0.3, 0.4) is 0 Å². The molecule has 1 N–H and O–H groups in total. The topological polar surface area (TPSA) is 74.2 Å². The van der Waals surface area contributed by atoms with Crippen molar-refractivity contribution in [2.45, 2.75) is 6.54 Å². The zero-order valence-corrected chi connectivity index (χ0v) is 15.5. The average Bonchev–Trinajstić information content (AvgIpc) is 2.79. The third kappa shape index (κ3) is 4.25. The molecule has 1 aromatic carbocycles. The van der Waals surface area contributed by atoms with Gasteiger partial charge in [0, 0.05) is 57.5 Å². The van der Waals surface area contributed by atoms with Crippen molar-refractivity contribution in [3.63, 3.8) is 0 Å². The van der Waals surface area contributed by atoms with Crippen molar-refractivity contribution in [1.82, 2.24) is 25.2 Å². The van der Waals surface area contributed by atoms with E-state index in [1.165, 1.54) is 0 Å². The summed E-state index contributed by atoms with van der Waals surface area (Å²) in [4.78, 5) is 29.2. The summed E-state index contributed by atoms with van der Waals surface area (Å²) < 4.78 is 0. The van der Waals surface area contributed by atoms with Crippen molar-refractivity contribution in [3.05, 3.63) is 72.8 Å². The molecule has 28 heavy (non-hydrogen) atoms. The molecule has 7 nitrogen and oxygen atoms in total. The van der Waals surface area contributed by atoms with E-state index in [-0.39, 0.29) is 6.03 Å². The van der Waals surface area contributed by atoms with Crippen molar-refractivity contribution >= 4 is 12.0 Å². The summed E-state index contributed by atoms with van der Waals surface area (Å²) in [5.74, 6) is 0.717. The van der Waals surface area contributed by atoms with E-state index >= 15 is 0 Å². The van der Waals surface area contributed by atoms with E-state index < -0.39 is 0 Å². The molecule has 3 aromatic rings. The Kier molecular flexibility index (Phi) is 5.42. The molecule has 1 saturated heterocycles. The Labute approximate surface area is 164 Å². The van der Waals surface area contributed by atoms with Crippen LogP contribution in [0.15, 0.2) is 67.3 Å². The van der Waals surface area contributed by atoms with Crippen LogP contribution >= 0.6 is 0 Å². The minimum atomic E-state index is -0.0413. The largest absolute Gasteiger partial charge is 0.337 e. The third-order valence-electron chi connectivity index (χ3n) is 4.77. The number of nitrogens with zero attached hydrogens (tertiary/aromatic N) is 5. The van der Waals surface area contributed by atoms with Crippen LogP contribution in [0.1, 0.15) is 5.56 Å². The van der Waals surface area contributed by atoms with E-state index in [4.69, 9.17) is 0 Å². The first kappa shape index (κ1) is 17.9. The molecule has 4 rings (SSSR count). The summed E-state index contributed by atoms with van der Waals surface area (Å²) in [5.41, 5.74) is 3.22. The van der Waals surface area contributed by atoms with Crippen LogP contribution in [0, 0.1) is 0 Å². The molecule has 1 fully saturated rings. The fraction of sp³-hybridized carbons (Fsp3) is 0.238. The molecule has 0 atom stereocenters. The Balaban J connectivity index is 1.31. The maximum Gasteiger partial charge on any atom is 0.317 e. The predicted octanol–water partition coefficient (Wildman–Crippen LogP) is 2.57. The number of hydrogen-bond donors (Lipinski definition) is 1. The fourth-order valence-electron chi connectivity index (χ4n) is 3.25. The Bertz CT molecular complexity index is 910. The van der Waals surface area contributed by atoms with E-state index in [9.17, 15) is 4.79 Å². The summed E-state index contributed by atoms with van der Waals surface area (Å²) in [5, 5.41) is 3.02. The van der Waals surface area contributed by atoms with Crippen molar-refractivity contribution in [3.8, 4) is 11.1 Å². The molecule has 0 unspecified atom stereocenters. The summed E-state index contributed by atoms with van der Waals surface area (Å²) >= 11 is 0. The molecule has 1 aliphatic heterocycles. The van der Waals surface area contributed by atoms with Gasteiger partial charge in [0.05, 0.1) is 0 Å². The lowest BCUT2D eigenvalue weighted by molar-refractivity contribution is 0.193. The highest BCUT2D eigenvalue weighted by Gasteiger charge is 2.22. The molecular weight excluding hydrogens is 352 g/mol. The molecule has 2 amide bonds. The number of aromatic nitrogens is 3.